The lowest BCUT2D eigenvalue weighted by Crippen LogP contribution is -2.37. The molecule has 0 fully saturated rings. The molecule has 0 aliphatic heterocycles. The fraction of sp³-hybridized carbons (Fsp3) is 0.0789. The van der Waals surface area contributed by atoms with Gasteiger partial charge in [0.1, 0.15) is 5.01 Å². The molecule has 7 aromatic rings. The van der Waals surface area contributed by atoms with Gasteiger partial charge in [-0.15, -0.1) is 11.3 Å². The molecule has 0 N–H and O–H groups in total. The summed E-state index contributed by atoms with van der Waals surface area (Å²) in [5.74, 6) is 0. The molecule has 0 atom stereocenters. The first kappa shape index (κ1) is 25.6. The minimum absolute atomic E-state index is 1.06. The standard InChI is InChI=1S/C38H31NSSi/c1-41(2,3)31-10-8-9-30(25-31)28-17-15-26(16-18-28)27-19-21-29(22-20-27)32-23-24-35(34-12-5-4-11-33(32)34)38-39-36-13-6-7-14-37(36)40-38/h4-25H,1-3H3. The number of rotatable bonds is 5. The van der Waals surface area contributed by atoms with Crippen LogP contribution in [-0.2, 0) is 0 Å². The average Bonchev–Trinajstić information content (AvgIpc) is 3.45. The summed E-state index contributed by atoms with van der Waals surface area (Å²) in [5, 5.41) is 5.05. The Morgan fingerprint density at radius 2 is 1.05 bits per heavy atom. The van der Waals surface area contributed by atoms with E-state index < -0.39 is 8.07 Å². The zero-order valence-electron chi connectivity index (χ0n) is 23.6. The van der Waals surface area contributed by atoms with Gasteiger partial charge in [0.15, 0.2) is 0 Å². The van der Waals surface area contributed by atoms with Gasteiger partial charge >= 0.3 is 0 Å². The first-order chi connectivity index (χ1) is 19.9. The molecule has 1 aromatic heterocycles. The number of hydrogen-bond acceptors (Lipinski definition) is 2. The van der Waals surface area contributed by atoms with Crippen LogP contribution >= 0.6 is 11.3 Å². The Balaban J connectivity index is 1.20. The van der Waals surface area contributed by atoms with Gasteiger partial charge in [-0.1, -0.05) is 146 Å². The Labute approximate surface area is 246 Å². The lowest BCUT2D eigenvalue weighted by atomic mass is 9.93. The second kappa shape index (κ2) is 10.3. The summed E-state index contributed by atoms with van der Waals surface area (Å²) < 4.78 is 1.22. The van der Waals surface area contributed by atoms with E-state index in [4.69, 9.17) is 4.98 Å². The highest BCUT2D eigenvalue weighted by Gasteiger charge is 2.17. The highest BCUT2D eigenvalue weighted by Crippen LogP contribution is 2.39. The summed E-state index contributed by atoms with van der Waals surface area (Å²) in [7, 11) is -1.34. The maximum atomic E-state index is 4.94. The number of aromatic nitrogens is 1. The first-order valence-corrected chi connectivity index (χ1v) is 18.5. The minimum atomic E-state index is -1.34. The van der Waals surface area contributed by atoms with E-state index in [2.05, 4.69) is 153 Å². The van der Waals surface area contributed by atoms with Gasteiger partial charge in [0.2, 0.25) is 0 Å². The van der Waals surface area contributed by atoms with E-state index in [-0.39, 0.29) is 0 Å². The van der Waals surface area contributed by atoms with Crippen molar-refractivity contribution >= 4 is 45.6 Å². The van der Waals surface area contributed by atoms with Gasteiger partial charge in [0.25, 0.3) is 0 Å². The molecule has 0 radical (unpaired) electrons. The van der Waals surface area contributed by atoms with Gasteiger partial charge in [0, 0.05) is 5.56 Å². The molecule has 6 aromatic carbocycles. The molecule has 0 amide bonds. The van der Waals surface area contributed by atoms with Gasteiger partial charge in [-0.3, -0.25) is 0 Å². The third kappa shape index (κ3) is 4.92. The van der Waals surface area contributed by atoms with Gasteiger partial charge in [-0.25, -0.2) is 4.98 Å². The number of fused-ring (bicyclic) bond motifs is 2. The molecule has 1 nitrogen and oxygen atoms in total. The zero-order valence-corrected chi connectivity index (χ0v) is 25.4. The third-order valence-corrected chi connectivity index (χ3v) is 11.0. The summed E-state index contributed by atoms with van der Waals surface area (Å²) in [6.45, 7) is 7.20. The maximum absolute atomic E-state index is 4.94. The van der Waals surface area contributed by atoms with E-state index in [1.807, 2.05) is 0 Å². The molecule has 7 rings (SSSR count). The Bertz CT molecular complexity index is 1980. The van der Waals surface area contributed by atoms with Crippen molar-refractivity contribution in [2.45, 2.75) is 19.6 Å². The molecule has 0 aliphatic carbocycles. The van der Waals surface area contributed by atoms with Crippen molar-refractivity contribution in [3.05, 3.63) is 133 Å². The summed E-state index contributed by atoms with van der Waals surface area (Å²) in [4.78, 5) is 4.94. The number of benzene rings is 6. The van der Waals surface area contributed by atoms with Crippen LogP contribution in [0.1, 0.15) is 0 Å². The minimum Gasteiger partial charge on any atom is -0.236 e. The maximum Gasteiger partial charge on any atom is 0.125 e. The molecular formula is C38H31NSSi. The third-order valence-electron chi connectivity index (χ3n) is 7.92. The normalized spacial score (nSPS) is 11.8. The molecule has 41 heavy (non-hydrogen) atoms. The van der Waals surface area contributed by atoms with Crippen molar-refractivity contribution in [2.75, 3.05) is 0 Å². The average molecular weight is 562 g/mol. The molecule has 0 aliphatic rings. The van der Waals surface area contributed by atoms with E-state index in [1.165, 1.54) is 59.6 Å². The van der Waals surface area contributed by atoms with Gasteiger partial charge in [0.05, 0.1) is 18.3 Å². The Hall–Kier alpha value is -4.31. The number of nitrogens with zero attached hydrogens (tertiary/aromatic N) is 1. The first-order valence-electron chi connectivity index (χ1n) is 14.1. The van der Waals surface area contributed by atoms with Gasteiger partial charge < -0.3 is 0 Å². The van der Waals surface area contributed by atoms with Crippen LogP contribution in [-0.4, -0.2) is 13.1 Å². The van der Waals surface area contributed by atoms with Crippen molar-refractivity contribution in [3.8, 4) is 44.0 Å². The van der Waals surface area contributed by atoms with Crippen molar-refractivity contribution in [2.24, 2.45) is 0 Å². The molecule has 198 valence electrons. The largest absolute Gasteiger partial charge is 0.236 e. The van der Waals surface area contributed by atoms with Crippen LogP contribution in [0.4, 0.5) is 0 Å². The predicted octanol–water partition coefficient (Wildman–Crippen LogP) is 10.7. The van der Waals surface area contributed by atoms with Gasteiger partial charge in [-0.05, 0) is 56.3 Å². The highest BCUT2D eigenvalue weighted by atomic mass is 32.1. The fourth-order valence-electron chi connectivity index (χ4n) is 5.59. The second-order valence-electron chi connectivity index (χ2n) is 11.7. The SMILES string of the molecule is C[Si](C)(C)c1cccc(-c2ccc(-c3ccc(-c4ccc(-c5nc6ccccc6s5)c5ccccc45)cc3)cc2)c1. The highest BCUT2D eigenvalue weighted by molar-refractivity contribution is 7.21. The molecular weight excluding hydrogens is 531 g/mol. The molecule has 0 saturated heterocycles. The van der Waals surface area contributed by atoms with Crippen molar-refractivity contribution in [1.29, 1.82) is 0 Å². The van der Waals surface area contributed by atoms with Gasteiger partial charge in [-0.2, -0.15) is 0 Å². The van der Waals surface area contributed by atoms with Crippen LogP contribution in [0.15, 0.2) is 133 Å². The van der Waals surface area contributed by atoms with Crippen LogP contribution in [0.3, 0.4) is 0 Å². The molecule has 0 spiro atoms. The van der Waals surface area contributed by atoms with Crippen LogP contribution in [0.2, 0.25) is 19.6 Å². The summed E-state index contributed by atoms with van der Waals surface area (Å²) in [6, 6.07) is 48.6. The van der Waals surface area contributed by atoms with Crippen LogP contribution in [0, 0.1) is 0 Å². The number of para-hydroxylation sites is 1. The lowest BCUT2D eigenvalue weighted by molar-refractivity contribution is 1.49. The predicted molar refractivity (Wildman–Crippen MR) is 182 cm³/mol. The Morgan fingerprint density at radius 3 is 1.71 bits per heavy atom. The topological polar surface area (TPSA) is 12.9 Å². The monoisotopic (exact) mass is 561 g/mol. The number of hydrogen-bond donors (Lipinski definition) is 0. The molecule has 0 bridgehead atoms. The molecule has 3 heteroatoms. The molecule has 0 saturated carbocycles. The fourth-order valence-corrected chi connectivity index (χ4v) is 7.78. The lowest BCUT2D eigenvalue weighted by Gasteiger charge is -2.17. The van der Waals surface area contributed by atoms with Crippen LogP contribution in [0.5, 0.6) is 0 Å². The van der Waals surface area contributed by atoms with E-state index in [0.717, 1.165) is 10.5 Å². The summed E-state index contributed by atoms with van der Waals surface area (Å²) in [6.07, 6.45) is 0. The van der Waals surface area contributed by atoms with E-state index in [9.17, 15) is 0 Å². The van der Waals surface area contributed by atoms with Crippen molar-refractivity contribution in [1.82, 2.24) is 4.98 Å². The second-order valence-corrected chi connectivity index (χ2v) is 17.8. The van der Waals surface area contributed by atoms with Crippen molar-refractivity contribution < 1.29 is 0 Å². The number of thiazole rings is 1. The summed E-state index contributed by atoms with van der Waals surface area (Å²) in [5.41, 5.74) is 9.75. The zero-order chi connectivity index (χ0) is 28.0. The quantitative estimate of drug-likeness (QED) is 0.190. The molecule has 1 heterocycles. The van der Waals surface area contributed by atoms with Crippen molar-refractivity contribution in [3.63, 3.8) is 0 Å². The van der Waals surface area contributed by atoms with Crippen LogP contribution in [0.25, 0.3) is 64.9 Å². The van der Waals surface area contributed by atoms with E-state index in [1.54, 1.807) is 11.3 Å². The Morgan fingerprint density at radius 1 is 0.488 bits per heavy atom. The molecule has 0 unspecified atom stereocenters. The summed E-state index contributed by atoms with van der Waals surface area (Å²) >= 11 is 1.76. The Kier molecular flexibility index (Phi) is 6.42. The van der Waals surface area contributed by atoms with E-state index in [0.29, 0.717) is 0 Å². The smallest absolute Gasteiger partial charge is 0.125 e. The van der Waals surface area contributed by atoms with E-state index >= 15 is 0 Å². The van der Waals surface area contributed by atoms with Crippen LogP contribution < -0.4 is 5.19 Å².